The lowest BCUT2D eigenvalue weighted by molar-refractivity contribution is -0.139. The minimum Gasteiger partial charge on any atom is -0.480 e. The zero-order chi connectivity index (χ0) is 15.8. The summed E-state index contributed by atoms with van der Waals surface area (Å²) in [6.07, 6.45) is 7.87. The topological polar surface area (TPSA) is 116 Å². The molecule has 0 fully saturated rings. The van der Waals surface area contributed by atoms with Gasteiger partial charge in [0.25, 0.3) is 0 Å². The van der Waals surface area contributed by atoms with Crippen LogP contribution in [0.3, 0.4) is 0 Å². The van der Waals surface area contributed by atoms with Crippen molar-refractivity contribution in [3.05, 3.63) is 36.2 Å². The van der Waals surface area contributed by atoms with Gasteiger partial charge in [-0.05, 0) is 6.42 Å². The van der Waals surface area contributed by atoms with Crippen molar-refractivity contribution in [1.82, 2.24) is 25.3 Å². The van der Waals surface area contributed by atoms with Crippen LogP contribution in [0.15, 0.2) is 24.9 Å². The Hall–Kier alpha value is -2.48. The summed E-state index contributed by atoms with van der Waals surface area (Å²) < 4.78 is 0. The summed E-state index contributed by atoms with van der Waals surface area (Å²) in [7, 11) is 0. The summed E-state index contributed by atoms with van der Waals surface area (Å²) in [6.45, 7) is 3.28. The van der Waals surface area contributed by atoms with Crippen molar-refractivity contribution in [3.63, 3.8) is 0 Å². The van der Waals surface area contributed by atoms with Gasteiger partial charge in [-0.3, -0.25) is 10.1 Å². The number of carboxylic acids is 1. The lowest BCUT2D eigenvalue weighted by atomic mass is 10.1. The van der Waals surface area contributed by atoms with Crippen LogP contribution >= 0.6 is 0 Å². The van der Waals surface area contributed by atoms with Crippen LogP contribution in [0.2, 0.25) is 0 Å². The Morgan fingerprint density at radius 2 is 2.14 bits per heavy atom. The Balaban J connectivity index is 1.87. The number of carbonyl (C=O) groups is 1. The molecule has 0 unspecified atom stereocenters. The van der Waals surface area contributed by atoms with E-state index in [0.717, 1.165) is 24.2 Å². The summed E-state index contributed by atoms with van der Waals surface area (Å²) in [5.41, 5.74) is 1.60. The van der Waals surface area contributed by atoms with Gasteiger partial charge in [0, 0.05) is 49.4 Å². The molecule has 0 aromatic carbocycles. The van der Waals surface area contributed by atoms with Crippen LogP contribution in [0.25, 0.3) is 0 Å². The Kier molecular flexibility index (Phi) is 5.84. The molecule has 0 aliphatic rings. The number of nitrogens with zero attached hydrogens (tertiary/aromatic N) is 3. The predicted octanol–water partition coefficient (Wildman–Crippen LogP) is 0.807. The number of nitrogens with one attached hydrogen (secondary N) is 3. The SMILES string of the molecule is CCCNc1ncc(CN[C@H](Cc2cnc[nH]2)C(=O)O)cn1. The Morgan fingerprint density at radius 3 is 2.73 bits per heavy atom. The number of H-pyrrole nitrogens is 1. The van der Waals surface area contributed by atoms with Gasteiger partial charge in [-0.15, -0.1) is 0 Å². The highest BCUT2D eigenvalue weighted by molar-refractivity contribution is 5.73. The van der Waals surface area contributed by atoms with E-state index in [1.807, 2.05) is 0 Å². The van der Waals surface area contributed by atoms with E-state index in [2.05, 4.69) is 37.5 Å². The molecule has 0 saturated heterocycles. The van der Waals surface area contributed by atoms with E-state index in [-0.39, 0.29) is 0 Å². The maximum absolute atomic E-state index is 11.3. The van der Waals surface area contributed by atoms with Crippen molar-refractivity contribution in [2.45, 2.75) is 32.4 Å². The van der Waals surface area contributed by atoms with Crippen molar-refractivity contribution in [3.8, 4) is 0 Å². The minimum atomic E-state index is -0.906. The average Bonchev–Trinajstić information content (AvgIpc) is 3.03. The molecule has 0 saturated carbocycles. The van der Waals surface area contributed by atoms with Gasteiger partial charge in [0.05, 0.1) is 6.33 Å². The first kappa shape index (κ1) is 15.9. The number of aromatic amines is 1. The largest absolute Gasteiger partial charge is 0.480 e. The molecule has 0 radical (unpaired) electrons. The molecule has 8 heteroatoms. The second-order valence-corrected chi connectivity index (χ2v) is 4.89. The lowest BCUT2D eigenvalue weighted by Gasteiger charge is -2.13. The molecule has 1 atom stereocenters. The van der Waals surface area contributed by atoms with Gasteiger partial charge in [0.1, 0.15) is 6.04 Å². The van der Waals surface area contributed by atoms with Gasteiger partial charge in [-0.2, -0.15) is 0 Å². The number of hydrogen-bond acceptors (Lipinski definition) is 6. The number of aliphatic carboxylic acids is 1. The molecule has 4 N–H and O–H groups in total. The van der Waals surface area contributed by atoms with Crippen LogP contribution in [0.1, 0.15) is 24.6 Å². The fourth-order valence-corrected chi connectivity index (χ4v) is 1.88. The number of carboxylic acid groups (broad SMARTS) is 1. The highest BCUT2D eigenvalue weighted by Crippen LogP contribution is 2.03. The van der Waals surface area contributed by atoms with Gasteiger partial charge < -0.3 is 15.4 Å². The first-order chi connectivity index (χ1) is 10.7. The van der Waals surface area contributed by atoms with E-state index in [4.69, 9.17) is 0 Å². The second-order valence-electron chi connectivity index (χ2n) is 4.89. The number of anilines is 1. The van der Waals surface area contributed by atoms with Crippen LogP contribution < -0.4 is 10.6 Å². The quantitative estimate of drug-likeness (QED) is 0.541. The van der Waals surface area contributed by atoms with Crippen molar-refractivity contribution >= 4 is 11.9 Å². The first-order valence-electron chi connectivity index (χ1n) is 7.17. The van der Waals surface area contributed by atoms with Crippen LogP contribution in [-0.4, -0.2) is 43.6 Å². The van der Waals surface area contributed by atoms with Crippen molar-refractivity contribution in [1.29, 1.82) is 0 Å². The molecular formula is C14H20N6O2. The Bertz CT molecular complexity index is 570. The fraction of sp³-hybridized carbons (Fsp3) is 0.429. The third-order valence-corrected chi connectivity index (χ3v) is 3.07. The van der Waals surface area contributed by atoms with Crippen LogP contribution in [-0.2, 0) is 17.8 Å². The van der Waals surface area contributed by atoms with Gasteiger partial charge in [-0.25, -0.2) is 15.0 Å². The van der Waals surface area contributed by atoms with Crippen molar-refractivity contribution in [2.75, 3.05) is 11.9 Å². The molecule has 2 heterocycles. The highest BCUT2D eigenvalue weighted by atomic mass is 16.4. The zero-order valence-corrected chi connectivity index (χ0v) is 12.4. The number of rotatable bonds is 9. The molecular weight excluding hydrogens is 284 g/mol. The van der Waals surface area contributed by atoms with E-state index in [1.165, 1.54) is 6.33 Å². The molecule has 22 heavy (non-hydrogen) atoms. The average molecular weight is 304 g/mol. The van der Waals surface area contributed by atoms with Gasteiger partial charge in [0.15, 0.2) is 0 Å². The smallest absolute Gasteiger partial charge is 0.321 e. The van der Waals surface area contributed by atoms with E-state index in [9.17, 15) is 9.90 Å². The van der Waals surface area contributed by atoms with Crippen LogP contribution in [0.4, 0.5) is 5.95 Å². The summed E-state index contributed by atoms with van der Waals surface area (Å²) in [5.74, 6) is -0.324. The van der Waals surface area contributed by atoms with Gasteiger partial charge in [0.2, 0.25) is 5.95 Å². The highest BCUT2D eigenvalue weighted by Gasteiger charge is 2.18. The summed E-state index contributed by atoms with van der Waals surface area (Å²) in [6, 6.07) is -0.696. The number of imidazole rings is 1. The molecule has 0 spiro atoms. The molecule has 118 valence electrons. The van der Waals surface area contributed by atoms with E-state index in [1.54, 1.807) is 18.6 Å². The summed E-state index contributed by atoms with van der Waals surface area (Å²) >= 11 is 0. The Morgan fingerprint density at radius 1 is 1.36 bits per heavy atom. The standard InChI is InChI=1S/C14H20N6O2/c1-2-3-16-14-18-6-10(7-19-14)5-17-12(13(21)22)4-11-8-15-9-20-11/h6-9,12,17H,2-5H2,1H3,(H,15,20)(H,21,22)(H,16,18,19)/t12-/m1/s1. The van der Waals surface area contributed by atoms with Gasteiger partial charge in [-0.1, -0.05) is 6.92 Å². The second kappa shape index (κ2) is 8.08. The molecule has 2 aromatic heterocycles. The molecule has 8 nitrogen and oxygen atoms in total. The normalized spacial score (nSPS) is 12.0. The minimum absolute atomic E-state index is 0.340. The maximum Gasteiger partial charge on any atom is 0.321 e. The fourth-order valence-electron chi connectivity index (χ4n) is 1.88. The zero-order valence-electron chi connectivity index (χ0n) is 12.4. The summed E-state index contributed by atoms with van der Waals surface area (Å²) in [5, 5.41) is 15.3. The third-order valence-electron chi connectivity index (χ3n) is 3.07. The summed E-state index contributed by atoms with van der Waals surface area (Å²) in [4.78, 5) is 26.4. The van der Waals surface area contributed by atoms with E-state index < -0.39 is 12.0 Å². The first-order valence-corrected chi connectivity index (χ1v) is 7.17. The molecule has 0 amide bonds. The number of aromatic nitrogens is 4. The third kappa shape index (κ3) is 4.81. The Labute approximate surface area is 128 Å². The van der Waals surface area contributed by atoms with Gasteiger partial charge >= 0.3 is 5.97 Å². The van der Waals surface area contributed by atoms with Crippen molar-refractivity contribution < 1.29 is 9.90 Å². The molecule has 0 aliphatic carbocycles. The number of hydrogen-bond donors (Lipinski definition) is 4. The van der Waals surface area contributed by atoms with Crippen molar-refractivity contribution in [2.24, 2.45) is 0 Å². The van der Waals surface area contributed by atoms with Crippen LogP contribution in [0.5, 0.6) is 0 Å². The molecule has 2 aromatic rings. The lowest BCUT2D eigenvalue weighted by Crippen LogP contribution is -2.38. The maximum atomic E-state index is 11.3. The van der Waals surface area contributed by atoms with Crippen LogP contribution in [0, 0.1) is 0 Å². The monoisotopic (exact) mass is 304 g/mol. The molecule has 0 aliphatic heterocycles. The molecule has 2 rings (SSSR count). The van der Waals surface area contributed by atoms with E-state index in [0.29, 0.717) is 18.9 Å². The van der Waals surface area contributed by atoms with E-state index >= 15 is 0 Å². The molecule has 0 bridgehead atoms. The predicted molar refractivity (Wildman–Crippen MR) is 81.4 cm³/mol.